The maximum absolute atomic E-state index is 5.76. The smallest absolute Gasteiger partial charge is 0.131 e. The number of hydrogen-bond donors (Lipinski definition) is 1. The Balaban J connectivity index is 0.000000845. The van der Waals surface area contributed by atoms with Crippen molar-refractivity contribution in [2.24, 2.45) is 0 Å². The van der Waals surface area contributed by atoms with Gasteiger partial charge in [0, 0.05) is 19.0 Å². The van der Waals surface area contributed by atoms with Crippen LogP contribution in [0.15, 0.2) is 12.1 Å². The summed E-state index contributed by atoms with van der Waals surface area (Å²) in [6.07, 6.45) is 0. The minimum atomic E-state index is 0. The van der Waals surface area contributed by atoms with Crippen LogP contribution in [0.3, 0.4) is 0 Å². The van der Waals surface area contributed by atoms with Crippen LogP contribution in [0, 0.1) is 0 Å². The van der Waals surface area contributed by atoms with Gasteiger partial charge < -0.3 is 5.32 Å². The van der Waals surface area contributed by atoms with E-state index in [9.17, 15) is 0 Å². The first kappa shape index (κ1) is 11.1. The summed E-state index contributed by atoms with van der Waals surface area (Å²) in [5.41, 5.74) is 1.18. The number of rotatable bonds is 1. The molecule has 1 fully saturated rings. The van der Waals surface area contributed by atoms with Gasteiger partial charge in [-0.3, -0.25) is 0 Å². The molecule has 0 bridgehead atoms. The molecule has 1 aromatic rings. The van der Waals surface area contributed by atoms with Gasteiger partial charge in [0.05, 0.1) is 0 Å². The van der Waals surface area contributed by atoms with E-state index in [0.717, 1.165) is 13.1 Å². The van der Waals surface area contributed by atoms with Crippen molar-refractivity contribution in [2.45, 2.75) is 5.92 Å². The zero-order chi connectivity index (χ0) is 8.55. The van der Waals surface area contributed by atoms with E-state index in [0.29, 0.717) is 16.2 Å². The fraction of sp³-hybridized carbons (Fsp3) is 0.375. The Morgan fingerprint density at radius 1 is 1.23 bits per heavy atom. The monoisotopic (exact) mass is 238 g/mol. The van der Waals surface area contributed by atoms with Gasteiger partial charge in [0.15, 0.2) is 0 Å². The van der Waals surface area contributed by atoms with E-state index in [1.54, 1.807) is 0 Å². The molecule has 2 heterocycles. The fourth-order valence-electron chi connectivity index (χ4n) is 1.24. The Morgan fingerprint density at radius 3 is 2.15 bits per heavy atom. The lowest BCUT2D eigenvalue weighted by molar-refractivity contribution is 0.448. The summed E-state index contributed by atoms with van der Waals surface area (Å²) in [4.78, 5) is 3.89. The Morgan fingerprint density at radius 2 is 1.77 bits per heavy atom. The quantitative estimate of drug-likeness (QED) is 0.762. The van der Waals surface area contributed by atoms with Gasteiger partial charge >= 0.3 is 0 Å². The van der Waals surface area contributed by atoms with E-state index in [1.807, 2.05) is 12.1 Å². The molecule has 1 saturated heterocycles. The van der Waals surface area contributed by atoms with E-state index in [2.05, 4.69) is 10.3 Å². The van der Waals surface area contributed by atoms with Crippen molar-refractivity contribution in [2.75, 3.05) is 13.1 Å². The number of nitrogens with zero attached hydrogens (tertiary/aromatic N) is 1. The van der Waals surface area contributed by atoms with Crippen LogP contribution < -0.4 is 5.32 Å². The third kappa shape index (κ3) is 2.47. The van der Waals surface area contributed by atoms with Gasteiger partial charge in [-0.15, -0.1) is 12.4 Å². The molecule has 1 N–H and O–H groups in total. The van der Waals surface area contributed by atoms with Crippen LogP contribution in [0.1, 0.15) is 11.5 Å². The summed E-state index contributed by atoms with van der Waals surface area (Å²) in [6, 6.07) is 3.75. The first-order valence-electron chi connectivity index (χ1n) is 3.79. The molecule has 0 aromatic carbocycles. The molecule has 0 saturated carbocycles. The second kappa shape index (κ2) is 4.47. The number of nitrogens with one attached hydrogen (secondary N) is 1. The molecule has 0 amide bonds. The maximum Gasteiger partial charge on any atom is 0.131 e. The van der Waals surface area contributed by atoms with Crippen molar-refractivity contribution in [1.29, 1.82) is 0 Å². The van der Waals surface area contributed by atoms with E-state index < -0.39 is 0 Å². The van der Waals surface area contributed by atoms with Crippen LogP contribution in [-0.2, 0) is 0 Å². The summed E-state index contributed by atoms with van der Waals surface area (Å²) in [6.45, 7) is 2.02. The Bertz CT molecular complexity index is 279. The van der Waals surface area contributed by atoms with Crippen molar-refractivity contribution in [3.05, 3.63) is 28.0 Å². The van der Waals surface area contributed by atoms with Crippen LogP contribution in [-0.4, -0.2) is 18.1 Å². The van der Waals surface area contributed by atoms with Crippen molar-refractivity contribution < 1.29 is 0 Å². The predicted octanol–water partition coefficient (Wildman–Crippen LogP) is 2.50. The van der Waals surface area contributed by atoms with E-state index >= 15 is 0 Å². The van der Waals surface area contributed by atoms with Crippen molar-refractivity contribution in [1.82, 2.24) is 10.3 Å². The van der Waals surface area contributed by atoms with Gasteiger partial charge in [-0.05, 0) is 17.7 Å². The summed E-state index contributed by atoms with van der Waals surface area (Å²) in [5.74, 6) is 0.558. The minimum absolute atomic E-state index is 0. The normalized spacial score (nSPS) is 16.2. The first-order valence-corrected chi connectivity index (χ1v) is 4.55. The molecular formula is C8H9Cl3N2. The Kier molecular flexibility index (Phi) is 3.80. The third-order valence-electron chi connectivity index (χ3n) is 2.04. The molecular weight excluding hydrogens is 230 g/mol. The van der Waals surface area contributed by atoms with E-state index in [-0.39, 0.29) is 12.4 Å². The van der Waals surface area contributed by atoms with Crippen LogP contribution in [0.4, 0.5) is 0 Å². The van der Waals surface area contributed by atoms with Crippen LogP contribution in [0.2, 0.25) is 10.3 Å². The summed E-state index contributed by atoms with van der Waals surface area (Å²) < 4.78 is 0. The molecule has 0 aliphatic carbocycles. The van der Waals surface area contributed by atoms with Crippen molar-refractivity contribution >= 4 is 35.6 Å². The minimum Gasteiger partial charge on any atom is -0.315 e. The molecule has 0 unspecified atom stereocenters. The molecule has 0 spiro atoms. The molecule has 2 nitrogen and oxygen atoms in total. The van der Waals surface area contributed by atoms with Gasteiger partial charge in [-0.2, -0.15) is 0 Å². The van der Waals surface area contributed by atoms with Gasteiger partial charge in [0.25, 0.3) is 0 Å². The van der Waals surface area contributed by atoms with Crippen LogP contribution in [0.5, 0.6) is 0 Å². The SMILES string of the molecule is Cl.Clc1cc(C2CNC2)cc(Cl)n1. The third-order valence-corrected chi connectivity index (χ3v) is 2.43. The lowest BCUT2D eigenvalue weighted by atomic mass is 9.95. The molecule has 13 heavy (non-hydrogen) atoms. The average molecular weight is 240 g/mol. The molecule has 1 aromatic heterocycles. The Labute approximate surface area is 93.0 Å². The molecule has 5 heteroatoms. The number of halogens is 3. The first-order chi connectivity index (χ1) is 5.75. The van der Waals surface area contributed by atoms with Crippen LogP contribution in [0.25, 0.3) is 0 Å². The van der Waals surface area contributed by atoms with Crippen LogP contribution >= 0.6 is 35.6 Å². The lowest BCUT2D eigenvalue weighted by Gasteiger charge is -2.27. The predicted molar refractivity (Wildman–Crippen MR) is 57.1 cm³/mol. The highest BCUT2D eigenvalue weighted by molar-refractivity contribution is 6.32. The molecule has 72 valence electrons. The molecule has 0 radical (unpaired) electrons. The Hall–Kier alpha value is -0.0200. The summed E-state index contributed by atoms with van der Waals surface area (Å²) >= 11 is 11.5. The fourth-order valence-corrected chi connectivity index (χ4v) is 1.72. The topological polar surface area (TPSA) is 24.9 Å². The van der Waals surface area contributed by atoms with Gasteiger partial charge in [-0.25, -0.2) is 4.98 Å². The lowest BCUT2D eigenvalue weighted by Crippen LogP contribution is -2.39. The molecule has 2 rings (SSSR count). The molecule has 1 aliphatic rings. The second-order valence-corrected chi connectivity index (χ2v) is 3.68. The number of hydrogen-bond acceptors (Lipinski definition) is 2. The summed E-state index contributed by atoms with van der Waals surface area (Å²) in [7, 11) is 0. The summed E-state index contributed by atoms with van der Waals surface area (Å²) in [5, 5.41) is 4.14. The molecule has 0 atom stereocenters. The van der Waals surface area contributed by atoms with E-state index in [1.165, 1.54) is 5.56 Å². The number of aromatic nitrogens is 1. The highest BCUT2D eigenvalue weighted by atomic mass is 35.5. The largest absolute Gasteiger partial charge is 0.315 e. The van der Waals surface area contributed by atoms with Gasteiger partial charge in [0.2, 0.25) is 0 Å². The van der Waals surface area contributed by atoms with Crippen molar-refractivity contribution in [3.63, 3.8) is 0 Å². The van der Waals surface area contributed by atoms with Gasteiger partial charge in [0.1, 0.15) is 10.3 Å². The highest BCUT2D eigenvalue weighted by Gasteiger charge is 2.19. The van der Waals surface area contributed by atoms with E-state index in [4.69, 9.17) is 23.2 Å². The number of pyridine rings is 1. The second-order valence-electron chi connectivity index (χ2n) is 2.90. The maximum atomic E-state index is 5.76. The average Bonchev–Trinajstić information content (AvgIpc) is 1.79. The highest BCUT2D eigenvalue weighted by Crippen LogP contribution is 2.24. The van der Waals surface area contributed by atoms with Crippen molar-refractivity contribution in [3.8, 4) is 0 Å². The zero-order valence-corrected chi connectivity index (χ0v) is 9.09. The zero-order valence-electron chi connectivity index (χ0n) is 6.76. The standard InChI is InChI=1S/C8H8Cl2N2.ClH/c9-7-1-5(2-8(10)12-7)6-3-11-4-6;/h1-2,6,11H,3-4H2;1H. The van der Waals surface area contributed by atoms with Gasteiger partial charge in [-0.1, -0.05) is 23.2 Å². The molecule has 1 aliphatic heterocycles.